The van der Waals surface area contributed by atoms with Gasteiger partial charge in [0, 0.05) is 30.0 Å². The van der Waals surface area contributed by atoms with Crippen LogP contribution < -0.4 is 11.1 Å². The molecule has 0 aliphatic carbocycles. The van der Waals surface area contributed by atoms with E-state index in [1.165, 1.54) is 5.56 Å². The molecule has 1 aromatic carbocycles. The lowest BCUT2D eigenvalue weighted by atomic mass is 10.1. The first-order chi connectivity index (χ1) is 9.74. The van der Waals surface area contributed by atoms with Crippen LogP contribution in [-0.2, 0) is 6.54 Å². The second-order valence-electron chi connectivity index (χ2n) is 4.81. The molecule has 5 heteroatoms. The second kappa shape index (κ2) is 5.21. The monoisotopic (exact) mass is 267 g/mol. The fourth-order valence-corrected chi connectivity index (χ4v) is 2.23. The molecule has 102 valence electrons. The lowest BCUT2D eigenvalue weighted by Crippen LogP contribution is -2.11. The molecule has 0 saturated carbocycles. The Morgan fingerprint density at radius 3 is 3.00 bits per heavy atom. The topological polar surface area (TPSA) is 68.8 Å². The van der Waals surface area contributed by atoms with Crippen molar-refractivity contribution in [2.75, 3.05) is 17.6 Å². The van der Waals surface area contributed by atoms with Crippen LogP contribution in [0, 0.1) is 6.92 Å². The van der Waals surface area contributed by atoms with Gasteiger partial charge in [0.2, 0.25) is 0 Å². The van der Waals surface area contributed by atoms with Crippen molar-refractivity contribution in [2.45, 2.75) is 13.5 Å². The van der Waals surface area contributed by atoms with Gasteiger partial charge in [0.05, 0.1) is 23.9 Å². The van der Waals surface area contributed by atoms with E-state index in [1.54, 1.807) is 6.20 Å². The van der Waals surface area contributed by atoms with Gasteiger partial charge in [0.1, 0.15) is 0 Å². The predicted octanol–water partition coefficient (Wildman–Crippen LogP) is 2.43. The van der Waals surface area contributed by atoms with E-state index in [1.807, 2.05) is 48.3 Å². The number of nitrogens with one attached hydrogen (secondary N) is 1. The molecule has 0 fully saturated rings. The van der Waals surface area contributed by atoms with Crippen LogP contribution in [0.4, 0.5) is 11.4 Å². The van der Waals surface area contributed by atoms with Crippen LogP contribution in [-0.4, -0.2) is 21.3 Å². The van der Waals surface area contributed by atoms with Crippen LogP contribution in [0.5, 0.6) is 0 Å². The van der Waals surface area contributed by atoms with Crippen molar-refractivity contribution in [1.29, 1.82) is 0 Å². The van der Waals surface area contributed by atoms with Crippen molar-refractivity contribution in [2.24, 2.45) is 0 Å². The first-order valence-corrected chi connectivity index (χ1v) is 6.60. The summed E-state index contributed by atoms with van der Waals surface area (Å²) < 4.78 is 1.93. The van der Waals surface area contributed by atoms with Crippen molar-refractivity contribution < 1.29 is 0 Å². The van der Waals surface area contributed by atoms with E-state index in [0.29, 0.717) is 0 Å². The number of benzene rings is 1. The van der Waals surface area contributed by atoms with Crippen molar-refractivity contribution in [1.82, 2.24) is 14.8 Å². The number of nitrogens with two attached hydrogens (primary N) is 1. The van der Waals surface area contributed by atoms with Gasteiger partial charge in [-0.1, -0.05) is 0 Å². The van der Waals surface area contributed by atoms with Crippen LogP contribution in [0.25, 0.3) is 10.9 Å². The minimum atomic E-state index is 0.751. The van der Waals surface area contributed by atoms with Gasteiger partial charge in [-0.15, -0.1) is 0 Å². The van der Waals surface area contributed by atoms with E-state index in [4.69, 9.17) is 5.73 Å². The molecule has 2 aromatic heterocycles. The van der Waals surface area contributed by atoms with Gasteiger partial charge < -0.3 is 11.1 Å². The number of fused-ring (bicyclic) bond motifs is 1. The van der Waals surface area contributed by atoms with Crippen LogP contribution in [0.1, 0.15) is 5.56 Å². The Kier molecular flexibility index (Phi) is 3.25. The molecule has 0 saturated heterocycles. The third kappa shape index (κ3) is 2.42. The Balaban J connectivity index is 1.76. The van der Waals surface area contributed by atoms with E-state index in [2.05, 4.69) is 15.4 Å². The number of aromatic nitrogens is 3. The highest BCUT2D eigenvalue weighted by molar-refractivity contribution is 5.98. The summed E-state index contributed by atoms with van der Waals surface area (Å²) in [6.45, 7) is 3.64. The number of anilines is 2. The summed E-state index contributed by atoms with van der Waals surface area (Å²) in [6, 6.07) is 7.76. The standard InChI is InChI=1S/C15H17N5/c1-11-9-19-20(10-11)8-7-17-14-5-4-13(16)12-3-2-6-18-15(12)14/h2-6,9-10,17H,7-8,16H2,1H3. The van der Waals surface area contributed by atoms with Crippen molar-refractivity contribution in [3.05, 3.63) is 48.4 Å². The predicted molar refractivity (Wildman–Crippen MR) is 81.6 cm³/mol. The minimum absolute atomic E-state index is 0.751. The van der Waals surface area contributed by atoms with Crippen molar-refractivity contribution in [3.63, 3.8) is 0 Å². The number of hydrogen-bond donors (Lipinski definition) is 2. The Bertz CT molecular complexity index is 732. The summed E-state index contributed by atoms with van der Waals surface area (Å²) >= 11 is 0. The van der Waals surface area contributed by atoms with E-state index < -0.39 is 0 Å². The third-order valence-electron chi connectivity index (χ3n) is 3.22. The van der Waals surface area contributed by atoms with Gasteiger partial charge in [-0.25, -0.2) is 0 Å². The minimum Gasteiger partial charge on any atom is -0.398 e. The van der Waals surface area contributed by atoms with Gasteiger partial charge in [0.15, 0.2) is 0 Å². The van der Waals surface area contributed by atoms with E-state index in [-0.39, 0.29) is 0 Å². The van der Waals surface area contributed by atoms with Gasteiger partial charge in [-0.05, 0) is 36.8 Å². The van der Waals surface area contributed by atoms with Crippen LogP contribution in [0.2, 0.25) is 0 Å². The highest BCUT2D eigenvalue weighted by Crippen LogP contribution is 2.25. The molecule has 0 atom stereocenters. The molecule has 3 rings (SSSR count). The lowest BCUT2D eigenvalue weighted by molar-refractivity contribution is 0.637. The molecule has 2 heterocycles. The molecule has 0 aliphatic heterocycles. The first-order valence-electron chi connectivity index (χ1n) is 6.60. The molecule has 0 spiro atoms. The summed E-state index contributed by atoms with van der Waals surface area (Å²) in [5, 5.41) is 8.64. The summed E-state index contributed by atoms with van der Waals surface area (Å²) in [4.78, 5) is 4.41. The summed E-state index contributed by atoms with van der Waals surface area (Å²) in [5.41, 5.74) is 9.79. The number of rotatable bonds is 4. The molecule has 0 bridgehead atoms. The zero-order valence-electron chi connectivity index (χ0n) is 11.4. The molecular weight excluding hydrogens is 250 g/mol. The molecule has 20 heavy (non-hydrogen) atoms. The fraction of sp³-hybridized carbons (Fsp3) is 0.200. The van der Waals surface area contributed by atoms with E-state index >= 15 is 0 Å². The maximum Gasteiger partial charge on any atom is 0.0953 e. The summed E-state index contributed by atoms with van der Waals surface area (Å²) in [7, 11) is 0. The Labute approximate surface area is 117 Å². The zero-order valence-corrected chi connectivity index (χ0v) is 11.4. The van der Waals surface area contributed by atoms with Gasteiger partial charge in [0.25, 0.3) is 0 Å². The van der Waals surface area contributed by atoms with Crippen LogP contribution in [0.15, 0.2) is 42.9 Å². The third-order valence-corrected chi connectivity index (χ3v) is 3.22. The molecule has 0 amide bonds. The highest BCUT2D eigenvalue weighted by Gasteiger charge is 2.04. The molecule has 0 radical (unpaired) electrons. The van der Waals surface area contributed by atoms with Crippen molar-refractivity contribution in [3.8, 4) is 0 Å². The van der Waals surface area contributed by atoms with Crippen LogP contribution in [0.3, 0.4) is 0 Å². The van der Waals surface area contributed by atoms with E-state index in [0.717, 1.165) is 35.4 Å². The largest absolute Gasteiger partial charge is 0.398 e. The van der Waals surface area contributed by atoms with Gasteiger partial charge in [-0.3, -0.25) is 9.67 Å². The molecule has 3 N–H and O–H groups in total. The first kappa shape index (κ1) is 12.5. The maximum atomic E-state index is 5.97. The van der Waals surface area contributed by atoms with Crippen molar-refractivity contribution >= 4 is 22.3 Å². The number of pyridine rings is 1. The number of hydrogen-bond acceptors (Lipinski definition) is 4. The Hall–Kier alpha value is -2.56. The van der Waals surface area contributed by atoms with E-state index in [9.17, 15) is 0 Å². The average Bonchev–Trinajstić information content (AvgIpc) is 2.87. The van der Waals surface area contributed by atoms with Gasteiger partial charge >= 0.3 is 0 Å². The molecule has 0 unspecified atom stereocenters. The molecule has 5 nitrogen and oxygen atoms in total. The summed E-state index contributed by atoms with van der Waals surface area (Å²) in [6.07, 6.45) is 5.67. The molecular formula is C15H17N5. The Morgan fingerprint density at radius 1 is 1.30 bits per heavy atom. The fourth-order valence-electron chi connectivity index (χ4n) is 2.23. The molecule has 3 aromatic rings. The Morgan fingerprint density at radius 2 is 2.20 bits per heavy atom. The van der Waals surface area contributed by atoms with Gasteiger partial charge in [-0.2, -0.15) is 5.10 Å². The average molecular weight is 267 g/mol. The molecule has 0 aliphatic rings. The SMILES string of the molecule is Cc1cnn(CCNc2ccc(N)c3cccnc23)c1. The number of nitrogen functional groups attached to an aromatic ring is 1. The smallest absolute Gasteiger partial charge is 0.0953 e. The van der Waals surface area contributed by atoms with Crippen LogP contribution >= 0.6 is 0 Å². The maximum absolute atomic E-state index is 5.97. The highest BCUT2D eigenvalue weighted by atomic mass is 15.3. The quantitative estimate of drug-likeness (QED) is 0.712. The lowest BCUT2D eigenvalue weighted by Gasteiger charge is -2.10. The second-order valence-corrected chi connectivity index (χ2v) is 4.81. The summed E-state index contributed by atoms with van der Waals surface area (Å²) in [5.74, 6) is 0. The normalized spacial score (nSPS) is 10.8. The zero-order chi connectivity index (χ0) is 13.9. The number of aryl methyl sites for hydroxylation is 1. The number of nitrogens with zero attached hydrogens (tertiary/aromatic N) is 3.